The Bertz CT molecular complexity index is 1220. The maximum Gasteiger partial charge on any atom is 0.420 e. The van der Waals surface area contributed by atoms with Crippen LogP contribution in [0.25, 0.3) is 11.1 Å². The van der Waals surface area contributed by atoms with Gasteiger partial charge in [0.2, 0.25) is 15.9 Å². The van der Waals surface area contributed by atoms with Crippen molar-refractivity contribution in [1.82, 2.24) is 8.87 Å². The van der Waals surface area contributed by atoms with Crippen molar-refractivity contribution < 1.29 is 17.6 Å². The van der Waals surface area contributed by atoms with Crippen LogP contribution < -0.4 is 16.0 Å². The lowest BCUT2D eigenvalue weighted by Crippen LogP contribution is -2.26. The number of rotatable bonds is 6. The molecule has 0 saturated heterocycles. The molecule has 0 spiro atoms. The van der Waals surface area contributed by atoms with Gasteiger partial charge in [0.25, 0.3) is 0 Å². The van der Waals surface area contributed by atoms with Gasteiger partial charge >= 0.3 is 5.76 Å². The molecule has 0 fully saturated rings. The van der Waals surface area contributed by atoms with Crippen LogP contribution in [0.1, 0.15) is 0 Å². The van der Waals surface area contributed by atoms with Gasteiger partial charge in [0.1, 0.15) is 6.54 Å². The molecule has 0 aliphatic carbocycles. The monoisotopic (exact) mass is 418 g/mol. The summed E-state index contributed by atoms with van der Waals surface area (Å²) in [6.45, 7) is -0.270. The zero-order valence-corrected chi connectivity index (χ0v) is 17.4. The van der Waals surface area contributed by atoms with Gasteiger partial charge in [0.05, 0.1) is 21.8 Å². The molecule has 1 aromatic heterocycles. The molecule has 3 aromatic rings. The fourth-order valence-corrected chi connectivity index (χ4v) is 3.80. The fourth-order valence-electron chi connectivity index (χ4n) is 2.87. The highest BCUT2D eigenvalue weighted by Gasteiger charge is 2.20. The van der Waals surface area contributed by atoms with Gasteiger partial charge in [-0.05, 0) is 30.3 Å². The molecule has 0 saturated carbocycles. The zero-order chi connectivity index (χ0) is 21.3. The lowest BCUT2D eigenvalue weighted by molar-refractivity contribution is -0.116. The van der Waals surface area contributed by atoms with Gasteiger partial charge in [-0.3, -0.25) is 9.36 Å². The van der Waals surface area contributed by atoms with Crippen molar-refractivity contribution >= 4 is 38.4 Å². The summed E-state index contributed by atoms with van der Waals surface area (Å²) in [6.07, 6.45) is 0. The van der Waals surface area contributed by atoms with E-state index >= 15 is 0 Å². The van der Waals surface area contributed by atoms with E-state index in [1.165, 1.54) is 30.8 Å². The smallest absolute Gasteiger partial charge is 0.408 e. The van der Waals surface area contributed by atoms with Crippen molar-refractivity contribution in [2.75, 3.05) is 38.4 Å². The summed E-state index contributed by atoms with van der Waals surface area (Å²) in [5.41, 5.74) is 1.84. The Balaban J connectivity index is 1.94. The van der Waals surface area contributed by atoms with Gasteiger partial charge in [-0.2, -0.15) is 0 Å². The predicted molar refractivity (Wildman–Crippen MR) is 111 cm³/mol. The number of carbonyl (C=O) groups is 1. The van der Waals surface area contributed by atoms with Crippen LogP contribution in [0.15, 0.2) is 56.6 Å². The van der Waals surface area contributed by atoms with Gasteiger partial charge in [-0.25, -0.2) is 17.5 Å². The third-order valence-corrected chi connectivity index (χ3v) is 6.19. The highest BCUT2D eigenvalue weighted by Crippen LogP contribution is 2.28. The number of aromatic nitrogens is 1. The topological polar surface area (TPSA) is 105 Å². The van der Waals surface area contributed by atoms with E-state index in [4.69, 9.17) is 4.42 Å². The Morgan fingerprint density at radius 1 is 1.10 bits per heavy atom. The van der Waals surface area contributed by atoms with Crippen LogP contribution in [0.5, 0.6) is 0 Å². The summed E-state index contributed by atoms with van der Waals surface area (Å²) >= 11 is 0. The van der Waals surface area contributed by atoms with Crippen molar-refractivity contribution in [2.24, 2.45) is 0 Å². The minimum atomic E-state index is -3.67. The quantitative estimate of drug-likeness (QED) is 0.651. The van der Waals surface area contributed by atoms with Crippen LogP contribution in [0, 0.1) is 0 Å². The van der Waals surface area contributed by atoms with E-state index < -0.39 is 21.7 Å². The third-order valence-electron chi connectivity index (χ3n) is 4.38. The van der Waals surface area contributed by atoms with Gasteiger partial charge in [0, 0.05) is 28.2 Å². The summed E-state index contributed by atoms with van der Waals surface area (Å²) in [5.74, 6) is -1.13. The van der Waals surface area contributed by atoms with Crippen molar-refractivity contribution in [3.8, 4) is 0 Å². The lowest BCUT2D eigenvalue weighted by Gasteiger charge is -2.20. The minimum absolute atomic E-state index is 0.0503. The normalized spacial score (nSPS) is 11.8. The van der Waals surface area contributed by atoms with E-state index in [2.05, 4.69) is 5.32 Å². The number of nitrogens with zero attached hydrogens (tertiary/aromatic N) is 3. The Kier molecular flexibility index (Phi) is 5.49. The first-order valence-corrected chi connectivity index (χ1v) is 10.2. The first-order valence-electron chi connectivity index (χ1n) is 8.73. The molecule has 9 nitrogen and oxygen atoms in total. The first-order chi connectivity index (χ1) is 13.6. The molecule has 1 N–H and O–H groups in total. The average Bonchev–Trinajstić information content (AvgIpc) is 2.96. The Morgan fingerprint density at radius 2 is 1.79 bits per heavy atom. The molecular weight excluding hydrogens is 396 g/mol. The number of nitrogens with one attached hydrogen (secondary N) is 1. The molecule has 0 atom stereocenters. The summed E-state index contributed by atoms with van der Waals surface area (Å²) in [5, 5.41) is 2.71. The second-order valence-corrected chi connectivity index (χ2v) is 8.98. The number of hydrogen-bond acceptors (Lipinski definition) is 6. The third kappa shape index (κ3) is 4.03. The van der Waals surface area contributed by atoms with Crippen molar-refractivity contribution in [2.45, 2.75) is 11.4 Å². The lowest BCUT2D eigenvalue weighted by atomic mass is 10.2. The van der Waals surface area contributed by atoms with Crippen molar-refractivity contribution in [3.05, 3.63) is 53.0 Å². The minimum Gasteiger partial charge on any atom is -0.408 e. The molecule has 10 heteroatoms. The second-order valence-electron chi connectivity index (χ2n) is 6.83. The van der Waals surface area contributed by atoms with Crippen LogP contribution in [0.2, 0.25) is 0 Å². The molecule has 0 aliphatic heterocycles. The largest absolute Gasteiger partial charge is 0.420 e. The molecular formula is C19H22N4O5S. The van der Waals surface area contributed by atoms with Crippen LogP contribution in [0.3, 0.4) is 0 Å². The Labute approximate surface area is 168 Å². The standard InChI is InChI=1S/C19H22N4O5S/c1-21(2)15-10-9-13(29(26,27)22(3)4)11-14(15)20-18(24)12-23-16-7-5-6-8-17(16)28-19(23)25/h5-11H,12H2,1-4H3,(H,20,24). The van der Waals surface area contributed by atoms with E-state index in [0.29, 0.717) is 22.5 Å². The molecule has 29 heavy (non-hydrogen) atoms. The maximum atomic E-state index is 12.7. The van der Waals surface area contributed by atoms with Gasteiger partial charge in [-0.15, -0.1) is 0 Å². The van der Waals surface area contributed by atoms with Gasteiger partial charge < -0.3 is 14.6 Å². The number of amides is 1. The number of para-hydroxylation sites is 2. The first kappa shape index (κ1) is 20.6. The maximum absolute atomic E-state index is 12.7. The van der Waals surface area contributed by atoms with Crippen LogP contribution in [-0.4, -0.2) is 51.4 Å². The molecule has 0 radical (unpaired) electrons. The highest BCUT2D eigenvalue weighted by atomic mass is 32.2. The SMILES string of the molecule is CN(C)c1ccc(S(=O)(=O)N(C)C)cc1NC(=O)Cn1c(=O)oc2ccccc21. The number of carbonyl (C=O) groups excluding carboxylic acids is 1. The van der Waals surface area contributed by atoms with Crippen molar-refractivity contribution in [3.63, 3.8) is 0 Å². The zero-order valence-electron chi connectivity index (χ0n) is 16.5. The molecule has 0 bridgehead atoms. The highest BCUT2D eigenvalue weighted by molar-refractivity contribution is 7.89. The van der Waals surface area contributed by atoms with Crippen molar-refractivity contribution in [1.29, 1.82) is 0 Å². The van der Waals surface area contributed by atoms with E-state index in [1.807, 2.05) is 0 Å². The number of hydrogen-bond donors (Lipinski definition) is 1. The number of benzene rings is 2. The number of oxazole rings is 1. The summed E-state index contributed by atoms with van der Waals surface area (Å²) in [6, 6.07) is 11.3. The van der Waals surface area contributed by atoms with Crippen LogP contribution in [0.4, 0.5) is 11.4 Å². The average molecular weight is 418 g/mol. The second kappa shape index (κ2) is 7.72. The molecule has 1 amide bonds. The predicted octanol–water partition coefficient (Wildman–Crippen LogP) is 1.55. The molecule has 2 aromatic carbocycles. The van der Waals surface area contributed by atoms with Gasteiger partial charge in [-0.1, -0.05) is 12.1 Å². The number of sulfonamides is 1. The summed E-state index contributed by atoms with van der Waals surface area (Å²) < 4.78 is 32.3. The number of anilines is 2. The molecule has 3 rings (SSSR count). The van der Waals surface area contributed by atoms with Crippen LogP contribution in [-0.2, 0) is 21.4 Å². The van der Waals surface area contributed by atoms with E-state index in [-0.39, 0.29) is 11.4 Å². The van der Waals surface area contributed by atoms with Crippen LogP contribution >= 0.6 is 0 Å². The number of fused-ring (bicyclic) bond motifs is 1. The fraction of sp³-hybridized carbons (Fsp3) is 0.263. The van der Waals surface area contributed by atoms with E-state index in [9.17, 15) is 18.0 Å². The summed E-state index contributed by atoms with van der Waals surface area (Å²) in [7, 11) is 2.75. The van der Waals surface area contributed by atoms with E-state index in [1.54, 1.807) is 49.3 Å². The molecule has 154 valence electrons. The summed E-state index contributed by atoms with van der Waals surface area (Å²) in [4.78, 5) is 26.5. The van der Waals surface area contributed by atoms with Gasteiger partial charge in [0.15, 0.2) is 5.58 Å². The Hall–Kier alpha value is -3.11. The van der Waals surface area contributed by atoms with E-state index in [0.717, 1.165) is 4.31 Å². The molecule has 1 heterocycles. The molecule has 0 unspecified atom stereocenters. The molecule has 0 aliphatic rings. The Morgan fingerprint density at radius 3 is 2.45 bits per heavy atom.